The number of benzene rings is 2. The second kappa shape index (κ2) is 7.86. The van der Waals surface area contributed by atoms with E-state index in [-0.39, 0.29) is 5.56 Å². The van der Waals surface area contributed by atoms with Crippen LogP contribution < -0.4 is 5.32 Å². The van der Waals surface area contributed by atoms with Gasteiger partial charge in [-0.25, -0.2) is 4.79 Å². The van der Waals surface area contributed by atoms with E-state index in [0.717, 1.165) is 22.4 Å². The molecular weight excluding hydrogens is 344 g/mol. The van der Waals surface area contributed by atoms with Crippen molar-refractivity contribution < 1.29 is 18.8 Å². The van der Waals surface area contributed by atoms with Crippen molar-refractivity contribution in [3.8, 4) is 11.3 Å². The summed E-state index contributed by atoms with van der Waals surface area (Å²) in [6.07, 6.45) is 0. The maximum atomic E-state index is 12.5. The van der Waals surface area contributed by atoms with Crippen LogP contribution >= 0.6 is 0 Å². The zero-order chi connectivity index (χ0) is 19.4. The highest BCUT2D eigenvalue weighted by atomic mass is 16.5. The molecule has 0 aliphatic carbocycles. The Morgan fingerprint density at radius 2 is 1.67 bits per heavy atom. The molecule has 0 aliphatic heterocycles. The molecule has 3 aromatic rings. The predicted octanol–water partition coefficient (Wildman–Crippen LogP) is 4.06. The molecule has 1 amide bonds. The summed E-state index contributed by atoms with van der Waals surface area (Å²) in [5, 5.41) is 6.73. The summed E-state index contributed by atoms with van der Waals surface area (Å²) in [5.74, 6) is -0.714. The van der Waals surface area contributed by atoms with Crippen LogP contribution in [0.4, 0.5) is 5.69 Å². The number of nitrogens with one attached hydrogen (secondary N) is 1. The molecule has 0 bridgehead atoms. The Kier molecular flexibility index (Phi) is 5.35. The van der Waals surface area contributed by atoms with Gasteiger partial charge in [-0.05, 0) is 31.9 Å². The summed E-state index contributed by atoms with van der Waals surface area (Å²) in [6.45, 7) is 5.04. The number of anilines is 1. The van der Waals surface area contributed by atoms with E-state index in [0.29, 0.717) is 11.5 Å². The quantitative estimate of drug-likeness (QED) is 0.691. The Morgan fingerprint density at radius 1 is 1.00 bits per heavy atom. The van der Waals surface area contributed by atoms with E-state index in [1.165, 1.54) is 0 Å². The Bertz CT molecular complexity index is 957. The van der Waals surface area contributed by atoms with E-state index in [4.69, 9.17) is 9.26 Å². The maximum Gasteiger partial charge on any atom is 0.344 e. The zero-order valence-corrected chi connectivity index (χ0v) is 15.4. The van der Waals surface area contributed by atoms with Gasteiger partial charge in [0.25, 0.3) is 5.91 Å². The van der Waals surface area contributed by atoms with Gasteiger partial charge in [-0.15, -0.1) is 0 Å². The summed E-state index contributed by atoms with van der Waals surface area (Å²) in [5.41, 5.74) is 3.96. The molecular formula is C21H20N2O4. The van der Waals surface area contributed by atoms with Gasteiger partial charge in [0.05, 0.1) is 0 Å². The molecule has 0 fully saturated rings. The second-order valence-electron chi connectivity index (χ2n) is 6.22. The van der Waals surface area contributed by atoms with E-state index in [9.17, 15) is 9.59 Å². The van der Waals surface area contributed by atoms with E-state index in [1.54, 1.807) is 6.92 Å². The van der Waals surface area contributed by atoms with E-state index in [1.807, 2.05) is 62.4 Å². The highest BCUT2D eigenvalue weighted by molar-refractivity contribution is 5.99. The topological polar surface area (TPSA) is 81.4 Å². The number of carbonyl (C=O) groups is 2. The molecule has 0 spiro atoms. The fourth-order valence-corrected chi connectivity index (χ4v) is 2.80. The first-order chi connectivity index (χ1) is 13.0. The minimum atomic E-state index is -0.649. The number of esters is 1. The normalized spacial score (nSPS) is 10.5. The van der Waals surface area contributed by atoms with Crippen LogP contribution in [0.25, 0.3) is 11.3 Å². The lowest BCUT2D eigenvalue weighted by molar-refractivity contribution is -0.119. The first-order valence-electron chi connectivity index (χ1n) is 8.52. The van der Waals surface area contributed by atoms with Gasteiger partial charge in [0.15, 0.2) is 6.61 Å². The van der Waals surface area contributed by atoms with Crippen molar-refractivity contribution in [2.24, 2.45) is 0 Å². The van der Waals surface area contributed by atoms with Gasteiger partial charge in [0.2, 0.25) is 0 Å². The fraction of sp³-hybridized carbons (Fsp3) is 0.190. The minimum absolute atomic E-state index is 0.223. The molecule has 27 heavy (non-hydrogen) atoms. The number of aromatic nitrogens is 1. The lowest BCUT2D eigenvalue weighted by Gasteiger charge is -2.11. The number of hydrogen-bond acceptors (Lipinski definition) is 5. The molecule has 0 saturated carbocycles. The Labute approximate surface area is 157 Å². The van der Waals surface area contributed by atoms with Crippen LogP contribution in [0.1, 0.15) is 27.2 Å². The van der Waals surface area contributed by atoms with Crippen LogP contribution in [0.3, 0.4) is 0 Å². The SMILES string of the molecule is Cc1cccc(C)c1NC(=O)COC(=O)c1c(-c2ccccc2)noc1C. The average Bonchev–Trinajstić information content (AvgIpc) is 3.05. The van der Waals surface area contributed by atoms with Crippen LogP contribution in [-0.2, 0) is 9.53 Å². The molecule has 2 aromatic carbocycles. The first kappa shape index (κ1) is 18.4. The Hall–Kier alpha value is -3.41. The van der Waals surface area contributed by atoms with E-state index < -0.39 is 18.5 Å². The number of aryl methyl sites for hydroxylation is 3. The standard InChI is InChI=1S/C21H20N2O4/c1-13-8-7-9-14(2)19(13)22-17(24)12-26-21(25)18-15(3)27-23-20(18)16-10-5-4-6-11-16/h4-11H,12H2,1-3H3,(H,22,24). The van der Waals surface area contributed by atoms with Crippen molar-refractivity contribution in [2.75, 3.05) is 11.9 Å². The van der Waals surface area contributed by atoms with Gasteiger partial charge in [-0.3, -0.25) is 4.79 Å². The molecule has 0 atom stereocenters. The largest absolute Gasteiger partial charge is 0.452 e. The summed E-state index contributed by atoms with van der Waals surface area (Å²) in [7, 11) is 0. The van der Waals surface area contributed by atoms with Crippen LogP contribution in [0.5, 0.6) is 0 Å². The molecule has 1 heterocycles. The summed E-state index contributed by atoms with van der Waals surface area (Å²) in [6, 6.07) is 14.9. The molecule has 138 valence electrons. The maximum absolute atomic E-state index is 12.5. The monoisotopic (exact) mass is 364 g/mol. The third-order valence-electron chi connectivity index (χ3n) is 4.19. The molecule has 6 nitrogen and oxygen atoms in total. The lowest BCUT2D eigenvalue weighted by atomic mass is 10.1. The third kappa shape index (κ3) is 4.06. The molecule has 1 N–H and O–H groups in total. The van der Waals surface area contributed by atoms with Crippen LogP contribution in [-0.4, -0.2) is 23.6 Å². The number of ether oxygens (including phenoxy) is 1. The molecule has 3 rings (SSSR count). The third-order valence-corrected chi connectivity index (χ3v) is 4.19. The van der Waals surface area contributed by atoms with Gasteiger partial charge < -0.3 is 14.6 Å². The molecule has 1 aromatic heterocycles. The average molecular weight is 364 g/mol. The van der Waals surface area contributed by atoms with Crippen molar-refractivity contribution in [3.63, 3.8) is 0 Å². The number of hydrogen-bond donors (Lipinski definition) is 1. The summed E-state index contributed by atoms with van der Waals surface area (Å²) >= 11 is 0. The predicted molar refractivity (Wildman–Crippen MR) is 102 cm³/mol. The Morgan fingerprint density at radius 3 is 2.33 bits per heavy atom. The van der Waals surface area contributed by atoms with Gasteiger partial charge in [-0.1, -0.05) is 53.7 Å². The van der Waals surface area contributed by atoms with Crippen molar-refractivity contribution in [2.45, 2.75) is 20.8 Å². The number of para-hydroxylation sites is 1. The number of amides is 1. The fourth-order valence-electron chi connectivity index (χ4n) is 2.80. The second-order valence-corrected chi connectivity index (χ2v) is 6.22. The zero-order valence-electron chi connectivity index (χ0n) is 15.4. The van der Waals surface area contributed by atoms with Crippen LogP contribution in [0.15, 0.2) is 53.1 Å². The molecule has 0 unspecified atom stereocenters. The number of nitrogens with zero attached hydrogens (tertiary/aromatic N) is 1. The van der Waals surface area contributed by atoms with Gasteiger partial charge in [0.1, 0.15) is 17.0 Å². The first-order valence-corrected chi connectivity index (χ1v) is 8.52. The lowest BCUT2D eigenvalue weighted by Crippen LogP contribution is -2.22. The van der Waals surface area contributed by atoms with Crippen molar-refractivity contribution in [3.05, 3.63) is 71.0 Å². The highest BCUT2D eigenvalue weighted by Gasteiger charge is 2.23. The Balaban J connectivity index is 1.70. The van der Waals surface area contributed by atoms with Gasteiger partial charge in [-0.2, -0.15) is 0 Å². The smallest absolute Gasteiger partial charge is 0.344 e. The van der Waals surface area contributed by atoms with Gasteiger partial charge >= 0.3 is 5.97 Å². The summed E-state index contributed by atoms with van der Waals surface area (Å²) < 4.78 is 10.3. The number of rotatable bonds is 5. The molecule has 0 radical (unpaired) electrons. The van der Waals surface area contributed by atoms with Crippen molar-refractivity contribution in [1.82, 2.24) is 5.16 Å². The number of carbonyl (C=O) groups excluding carboxylic acids is 2. The van der Waals surface area contributed by atoms with Crippen LogP contribution in [0.2, 0.25) is 0 Å². The molecule has 0 aliphatic rings. The van der Waals surface area contributed by atoms with E-state index in [2.05, 4.69) is 10.5 Å². The minimum Gasteiger partial charge on any atom is -0.452 e. The van der Waals surface area contributed by atoms with Crippen LogP contribution in [0, 0.1) is 20.8 Å². The van der Waals surface area contributed by atoms with Crippen molar-refractivity contribution in [1.29, 1.82) is 0 Å². The van der Waals surface area contributed by atoms with Crippen molar-refractivity contribution >= 4 is 17.6 Å². The molecule has 6 heteroatoms. The summed E-state index contributed by atoms with van der Waals surface area (Å²) in [4.78, 5) is 24.7. The van der Waals surface area contributed by atoms with E-state index >= 15 is 0 Å². The molecule has 0 saturated heterocycles. The highest BCUT2D eigenvalue weighted by Crippen LogP contribution is 2.25. The van der Waals surface area contributed by atoms with Gasteiger partial charge in [0, 0.05) is 11.3 Å².